The van der Waals surface area contributed by atoms with Crippen molar-refractivity contribution in [1.29, 1.82) is 0 Å². The molecular formula is C16H26N2O2S. The smallest absolute Gasteiger partial charge is 0.113 e. The van der Waals surface area contributed by atoms with Gasteiger partial charge in [0.05, 0.1) is 24.4 Å². The molecule has 0 amide bonds. The standard InChI is InChI=1S/C16H26N2O2S/c1-16(17-8-10-19-2,12-7-9-20-11-12)15-18-13-5-3-4-6-14(13)21-15/h12,17H,3-11H2,1-2H3. The molecule has 1 aliphatic heterocycles. The third-order valence-corrected chi connectivity index (χ3v) is 6.23. The molecule has 1 aromatic heterocycles. The summed E-state index contributed by atoms with van der Waals surface area (Å²) in [6.07, 6.45) is 6.08. The van der Waals surface area contributed by atoms with Crippen LogP contribution in [0.25, 0.3) is 0 Å². The lowest BCUT2D eigenvalue weighted by Gasteiger charge is -2.34. The van der Waals surface area contributed by atoms with Crippen molar-refractivity contribution >= 4 is 11.3 Å². The summed E-state index contributed by atoms with van der Waals surface area (Å²) in [6.45, 7) is 5.59. The fraction of sp³-hybridized carbons (Fsp3) is 0.812. The van der Waals surface area contributed by atoms with Gasteiger partial charge in [0.1, 0.15) is 5.01 Å². The van der Waals surface area contributed by atoms with Gasteiger partial charge in [-0.3, -0.25) is 0 Å². The van der Waals surface area contributed by atoms with Crippen LogP contribution in [-0.2, 0) is 27.9 Å². The van der Waals surface area contributed by atoms with Crippen LogP contribution in [0.1, 0.15) is 41.8 Å². The van der Waals surface area contributed by atoms with E-state index in [9.17, 15) is 0 Å². The third-order valence-electron chi connectivity index (χ3n) is 4.83. The van der Waals surface area contributed by atoms with Crippen LogP contribution in [0.4, 0.5) is 0 Å². The van der Waals surface area contributed by atoms with Crippen LogP contribution in [0.5, 0.6) is 0 Å². The summed E-state index contributed by atoms with van der Waals surface area (Å²) in [5.41, 5.74) is 1.26. The first-order valence-electron chi connectivity index (χ1n) is 8.05. The second-order valence-electron chi connectivity index (χ2n) is 6.28. The molecule has 2 unspecified atom stereocenters. The van der Waals surface area contributed by atoms with Gasteiger partial charge in [-0.25, -0.2) is 4.98 Å². The number of nitrogens with one attached hydrogen (secondary N) is 1. The first kappa shape index (κ1) is 15.4. The molecule has 0 aromatic carbocycles. The Morgan fingerprint density at radius 1 is 1.43 bits per heavy atom. The first-order chi connectivity index (χ1) is 10.2. The van der Waals surface area contributed by atoms with Crippen LogP contribution in [0.3, 0.4) is 0 Å². The number of hydrogen-bond donors (Lipinski definition) is 1. The molecule has 118 valence electrons. The Labute approximate surface area is 131 Å². The van der Waals surface area contributed by atoms with Crippen molar-refractivity contribution in [2.75, 3.05) is 33.5 Å². The minimum Gasteiger partial charge on any atom is -0.383 e. The number of hydrogen-bond acceptors (Lipinski definition) is 5. The fourth-order valence-corrected chi connectivity index (χ4v) is 4.72. The number of rotatable bonds is 6. The maximum atomic E-state index is 5.64. The van der Waals surface area contributed by atoms with Crippen molar-refractivity contribution in [2.24, 2.45) is 5.92 Å². The Bertz CT molecular complexity index is 447. The molecule has 2 aliphatic rings. The monoisotopic (exact) mass is 310 g/mol. The van der Waals surface area contributed by atoms with Gasteiger partial charge < -0.3 is 14.8 Å². The number of thiazole rings is 1. The first-order valence-corrected chi connectivity index (χ1v) is 8.86. The molecule has 1 N–H and O–H groups in total. The Morgan fingerprint density at radius 3 is 3.00 bits per heavy atom. The quantitative estimate of drug-likeness (QED) is 0.820. The van der Waals surface area contributed by atoms with Gasteiger partial charge in [0.25, 0.3) is 0 Å². The Balaban J connectivity index is 1.84. The van der Waals surface area contributed by atoms with Gasteiger partial charge in [-0.2, -0.15) is 0 Å². The largest absolute Gasteiger partial charge is 0.383 e. The zero-order valence-electron chi connectivity index (χ0n) is 13.1. The zero-order valence-corrected chi connectivity index (χ0v) is 13.9. The van der Waals surface area contributed by atoms with Gasteiger partial charge in [-0.05, 0) is 39.0 Å². The van der Waals surface area contributed by atoms with Gasteiger partial charge in [-0.15, -0.1) is 11.3 Å². The summed E-state index contributed by atoms with van der Waals surface area (Å²) in [5, 5.41) is 4.96. The number of aryl methyl sites for hydroxylation is 2. The molecular weight excluding hydrogens is 284 g/mol. The van der Waals surface area contributed by atoms with Gasteiger partial charge in [0.2, 0.25) is 0 Å². The summed E-state index contributed by atoms with van der Waals surface area (Å²) >= 11 is 1.92. The average Bonchev–Trinajstić information content (AvgIpc) is 3.17. The molecule has 4 nitrogen and oxygen atoms in total. The van der Waals surface area contributed by atoms with E-state index in [0.717, 1.165) is 39.2 Å². The summed E-state index contributed by atoms with van der Waals surface area (Å²) in [4.78, 5) is 6.52. The highest BCUT2D eigenvalue weighted by Gasteiger charge is 2.40. The highest BCUT2D eigenvalue weighted by atomic mass is 32.1. The van der Waals surface area contributed by atoms with Crippen molar-refractivity contribution in [3.8, 4) is 0 Å². The van der Waals surface area contributed by atoms with Gasteiger partial charge in [0, 0.05) is 31.1 Å². The Morgan fingerprint density at radius 2 is 2.29 bits per heavy atom. The molecule has 1 saturated heterocycles. The number of methoxy groups -OCH3 is 1. The van der Waals surface area contributed by atoms with E-state index >= 15 is 0 Å². The van der Waals surface area contributed by atoms with Gasteiger partial charge in [0.15, 0.2) is 0 Å². The van der Waals surface area contributed by atoms with E-state index in [1.807, 2.05) is 11.3 Å². The lowest BCUT2D eigenvalue weighted by molar-refractivity contribution is 0.138. The second kappa shape index (κ2) is 6.73. The molecule has 21 heavy (non-hydrogen) atoms. The van der Waals surface area contributed by atoms with Crippen molar-refractivity contribution < 1.29 is 9.47 Å². The van der Waals surface area contributed by atoms with Crippen LogP contribution >= 0.6 is 11.3 Å². The maximum Gasteiger partial charge on any atom is 0.113 e. The molecule has 3 rings (SSSR count). The molecule has 5 heteroatoms. The van der Waals surface area contributed by atoms with E-state index in [2.05, 4.69) is 12.2 Å². The Hall–Kier alpha value is -0.490. The Kier molecular flexibility index (Phi) is 4.94. The van der Waals surface area contributed by atoms with Crippen LogP contribution in [0, 0.1) is 5.92 Å². The summed E-state index contributed by atoms with van der Waals surface area (Å²) in [5.74, 6) is 0.502. The highest BCUT2D eigenvalue weighted by Crippen LogP contribution is 2.39. The fourth-order valence-electron chi connectivity index (χ4n) is 3.37. The van der Waals surface area contributed by atoms with Gasteiger partial charge >= 0.3 is 0 Å². The SMILES string of the molecule is COCCNC(C)(c1nc2c(s1)CCCC2)C1CCOC1. The lowest BCUT2D eigenvalue weighted by Crippen LogP contribution is -2.47. The third kappa shape index (κ3) is 3.16. The van der Waals surface area contributed by atoms with E-state index < -0.39 is 0 Å². The second-order valence-corrected chi connectivity index (χ2v) is 7.36. The van der Waals surface area contributed by atoms with Crippen LogP contribution in [-0.4, -0.2) is 38.5 Å². The van der Waals surface area contributed by atoms with Crippen molar-refractivity contribution in [3.63, 3.8) is 0 Å². The number of ether oxygens (including phenoxy) is 2. The van der Waals surface area contributed by atoms with Gasteiger partial charge in [-0.1, -0.05) is 0 Å². The van der Waals surface area contributed by atoms with E-state index in [-0.39, 0.29) is 5.54 Å². The molecule has 0 bridgehead atoms. The minimum absolute atomic E-state index is 0.0863. The molecule has 2 heterocycles. The van der Waals surface area contributed by atoms with Crippen molar-refractivity contribution in [3.05, 3.63) is 15.6 Å². The molecule has 1 aliphatic carbocycles. The maximum absolute atomic E-state index is 5.64. The number of aromatic nitrogens is 1. The number of nitrogens with zero attached hydrogens (tertiary/aromatic N) is 1. The molecule has 1 aromatic rings. The van der Waals surface area contributed by atoms with Crippen LogP contribution < -0.4 is 5.32 Å². The zero-order chi connectivity index (χ0) is 14.7. The molecule has 0 spiro atoms. The van der Waals surface area contributed by atoms with Crippen molar-refractivity contribution in [1.82, 2.24) is 10.3 Å². The van der Waals surface area contributed by atoms with E-state index in [1.54, 1.807) is 7.11 Å². The summed E-state index contributed by atoms with van der Waals surface area (Å²) in [7, 11) is 1.75. The molecule has 0 saturated carbocycles. The van der Waals surface area contributed by atoms with Crippen LogP contribution in [0.2, 0.25) is 0 Å². The normalized spacial score (nSPS) is 24.8. The number of fused-ring (bicyclic) bond motifs is 1. The minimum atomic E-state index is -0.0863. The van der Waals surface area contributed by atoms with Crippen LogP contribution in [0.15, 0.2) is 0 Å². The predicted molar refractivity (Wildman–Crippen MR) is 84.9 cm³/mol. The topological polar surface area (TPSA) is 43.4 Å². The van der Waals surface area contributed by atoms with E-state index in [4.69, 9.17) is 14.5 Å². The lowest BCUT2D eigenvalue weighted by atomic mass is 9.85. The van der Waals surface area contributed by atoms with Crippen molar-refractivity contribution in [2.45, 2.75) is 44.6 Å². The molecule has 0 radical (unpaired) electrons. The summed E-state index contributed by atoms with van der Waals surface area (Å²) in [6, 6.07) is 0. The van der Waals surface area contributed by atoms with E-state index in [0.29, 0.717) is 5.92 Å². The molecule has 2 atom stereocenters. The highest BCUT2D eigenvalue weighted by molar-refractivity contribution is 7.11. The van der Waals surface area contributed by atoms with E-state index in [1.165, 1.54) is 34.8 Å². The predicted octanol–water partition coefficient (Wildman–Crippen LogP) is 2.51. The summed E-state index contributed by atoms with van der Waals surface area (Å²) < 4.78 is 10.8. The average molecular weight is 310 g/mol. The molecule has 1 fully saturated rings.